The maximum atomic E-state index is 12.5. The molecule has 2 aromatic carbocycles. The molecule has 3 N–H and O–H groups in total. The van der Waals surface area contributed by atoms with Crippen LogP contribution in [0, 0.1) is 5.92 Å². The third-order valence-electron chi connectivity index (χ3n) is 5.73. The maximum Gasteiger partial charge on any atom is 0.238 e. The number of amides is 2. The van der Waals surface area contributed by atoms with E-state index in [1.807, 2.05) is 4.90 Å². The molecule has 0 unspecified atom stereocenters. The van der Waals surface area contributed by atoms with Crippen molar-refractivity contribution in [3.63, 3.8) is 0 Å². The summed E-state index contributed by atoms with van der Waals surface area (Å²) in [5, 5.41) is 7.89. The summed E-state index contributed by atoms with van der Waals surface area (Å²) in [6, 6.07) is 14.1. The Hall–Kier alpha value is -2.71. The Kier molecular flexibility index (Phi) is 7.46. The van der Waals surface area contributed by atoms with E-state index >= 15 is 0 Å². The number of hydrogen-bond acceptors (Lipinski definition) is 4. The Bertz CT molecular complexity index is 1010. The number of primary sulfonamides is 1. The van der Waals surface area contributed by atoms with Crippen LogP contribution in [0.3, 0.4) is 0 Å². The number of hydrogen-bond donors (Lipinski definition) is 2. The van der Waals surface area contributed by atoms with Crippen molar-refractivity contribution >= 4 is 27.5 Å². The predicted molar refractivity (Wildman–Crippen MR) is 120 cm³/mol. The highest BCUT2D eigenvalue weighted by Crippen LogP contribution is 2.21. The molecule has 0 atom stereocenters. The van der Waals surface area contributed by atoms with Crippen LogP contribution in [0.1, 0.15) is 37.3 Å². The molecular weight excluding hydrogens is 414 g/mol. The first-order chi connectivity index (χ1) is 14.8. The lowest BCUT2D eigenvalue weighted by Crippen LogP contribution is -2.41. The third kappa shape index (κ3) is 6.38. The number of nitrogens with two attached hydrogens (primary N) is 1. The van der Waals surface area contributed by atoms with Gasteiger partial charge in [0.05, 0.1) is 4.90 Å². The predicted octanol–water partition coefficient (Wildman–Crippen LogP) is 2.71. The molecule has 1 saturated heterocycles. The van der Waals surface area contributed by atoms with Gasteiger partial charge in [0.15, 0.2) is 0 Å². The number of piperidine rings is 1. The Morgan fingerprint density at radius 1 is 1.00 bits per heavy atom. The number of nitrogens with one attached hydrogen (secondary N) is 1. The van der Waals surface area contributed by atoms with E-state index in [4.69, 9.17) is 5.14 Å². The lowest BCUT2D eigenvalue weighted by Gasteiger charge is -2.31. The van der Waals surface area contributed by atoms with Crippen LogP contribution < -0.4 is 10.5 Å². The van der Waals surface area contributed by atoms with Crippen LogP contribution in [0.5, 0.6) is 0 Å². The molecule has 2 amide bonds. The van der Waals surface area contributed by atoms with Crippen molar-refractivity contribution in [2.75, 3.05) is 18.4 Å². The van der Waals surface area contributed by atoms with Crippen LogP contribution in [0.2, 0.25) is 0 Å². The van der Waals surface area contributed by atoms with Gasteiger partial charge in [-0.1, -0.05) is 31.2 Å². The topological polar surface area (TPSA) is 110 Å². The Balaban J connectivity index is 1.44. The second-order valence-corrected chi connectivity index (χ2v) is 9.45. The van der Waals surface area contributed by atoms with Crippen molar-refractivity contribution in [3.8, 4) is 0 Å². The number of benzene rings is 2. The highest BCUT2D eigenvalue weighted by molar-refractivity contribution is 7.89. The van der Waals surface area contributed by atoms with E-state index in [-0.39, 0.29) is 22.6 Å². The van der Waals surface area contributed by atoms with E-state index in [1.54, 1.807) is 0 Å². The molecule has 0 saturated carbocycles. The van der Waals surface area contributed by atoms with E-state index in [0.29, 0.717) is 38.0 Å². The monoisotopic (exact) mass is 443 g/mol. The highest BCUT2D eigenvalue weighted by atomic mass is 32.2. The van der Waals surface area contributed by atoms with Crippen LogP contribution in [0.25, 0.3) is 0 Å². The van der Waals surface area contributed by atoms with Crippen LogP contribution in [0.15, 0.2) is 53.4 Å². The Morgan fingerprint density at radius 2 is 1.58 bits per heavy atom. The molecule has 1 fully saturated rings. The molecule has 0 radical (unpaired) electrons. The van der Waals surface area contributed by atoms with Crippen molar-refractivity contribution in [2.45, 2.75) is 43.9 Å². The summed E-state index contributed by atoms with van der Waals surface area (Å²) in [6.45, 7) is 3.25. The number of nitrogens with zero attached hydrogens (tertiary/aromatic N) is 1. The second-order valence-electron chi connectivity index (χ2n) is 7.88. The van der Waals surface area contributed by atoms with Gasteiger partial charge in [-0.15, -0.1) is 0 Å². The number of anilines is 1. The molecule has 7 nitrogen and oxygen atoms in total. The van der Waals surface area contributed by atoms with Crippen LogP contribution in [-0.4, -0.2) is 38.2 Å². The number of carbonyl (C=O) groups excluding carboxylic acids is 2. The van der Waals surface area contributed by atoms with E-state index in [0.717, 1.165) is 18.4 Å². The van der Waals surface area contributed by atoms with Gasteiger partial charge in [0, 0.05) is 31.1 Å². The molecule has 1 heterocycles. The fourth-order valence-electron chi connectivity index (χ4n) is 3.71. The van der Waals surface area contributed by atoms with E-state index < -0.39 is 10.0 Å². The molecule has 3 rings (SSSR count). The first-order valence-electron chi connectivity index (χ1n) is 10.6. The van der Waals surface area contributed by atoms with Gasteiger partial charge in [0.1, 0.15) is 0 Å². The van der Waals surface area contributed by atoms with Crippen molar-refractivity contribution in [2.24, 2.45) is 11.1 Å². The fourth-order valence-corrected chi connectivity index (χ4v) is 4.23. The molecule has 1 aliphatic heterocycles. The average molecular weight is 444 g/mol. The Labute approximate surface area is 183 Å². The molecule has 2 aromatic rings. The lowest BCUT2D eigenvalue weighted by molar-refractivity contribution is -0.134. The summed E-state index contributed by atoms with van der Waals surface area (Å²) < 4.78 is 22.6. The normalized spacial score (nSPS) is 15.0. The smallest absolute Gasteiger partial charge is 0.238 e. The van der Waals surface area contributed by atoms with Gasteiger partial charge in [-0.2, -0.15) is 0 Å². The minimum atomic E-state index is -3.76. The summed E-state index contributed by atoms with van der Waals surface area (Å²) in [5.74, 6) is -0.174. The number of sulfonamides is 1. The molecule has 0 bridgehead atoms. The lowest BCUT2D eigenvalue weighted by atomic mass is 9.95. The molecular formula is C23H29N3O4S. The van der Waals surface area contributed by atoms with Crippen LogP contribution >= 0.6 is 0 Å². The molecule has 0 spiro atoms. The number of carbonyl (C=O) groups is 2. The second kappa shape index (κ2) is 10.1. The minimum Gasteiger partial charge on any atom is -0.343 e. The zero-order valence-electron chi connectivity index (χ0n) is 17.7. The van der Waals surface area contributed by atoms with Crippen molar-refractivity contribution in [3.05, 3.63) is 59.7 Å². The molecule has 166 valence electrons. The third-order valence-corrected chi connectivity index (χ3v) is 6.66. The van der Waals surface area contributed by atoms with Gasteiger partial charge < -0.3 is 10.2 Å². The van der Waals surface area contributed by atoms with E-state index in [1.165, 1.54) is 29.8 Å². The summed E-state index contributed by atoms with van der Waals surface area (Å²) in [7, 11) is -3.76. The quantitative estimate of drug-likeness (QED) is 0.685. The van der Waals surface area contributed by atoms with Gasteiger partial charge in [-0.05, 0) is 61.1 Å². The summed E-state index contributed by atoms with van der Waals surface area (Å²) in [5.41, 5.74) is 2.97. The standard InChI is InChI=1S/C23H29N3O4S/c1-2-17-3-5-18(6-4-17)7-12-22(27)26-15-13-19(14-16-26)23(28)25-20-8-10-21(11-9-20)31(24,29)30/h3-6,8-11,19H,2,7,12-16H2,1H3,(H,25,28)(H2,24,29,30). The summed E-state index contributed by atoms with van der Waals surface area (Å²) in [4.78, 5) is 26.9. The maximum absolute atomic E-state index is 12.5. The molecule has 8 heteroatoms. The van der Waals surface area contributed by atoms with E-state index in [2.05, 4.69) is 36.5 Å². The van der Waals surface area contributed by atoms with Gasteiger partial charge in [0.25, 0.3) is 0 Å². The molecule has 0 aromatic heterocycles. The van der Waals surface area contributed by atoms with Gasteiger partial charge in [-0.3, -0.25) is 9.59 Å². The molecule has 1 aliphatic rings. The molecule has 31 heavy (non-hydrogen) atoms. The average Bonchev–Trinajstić information content (AvgIpc) is 2.77. The van der Waals surface area contributed by atoms with Gasteiger partial charge in [0.2, 0.25) is 21.8 Å². The van der Waals surface area contributed by atoms with Crippen LogP contribution in [-0.2, 0) is 32.5 Å². The van der Waals surface area contributed by atoms with Crippen molar-refractivity contribution < 1.29 is 18.0 Å². The summed E-state index contributed by atoms with van der Waals surface area (Å²) in [6.07, 6.45) is 3.41. The number of rotatable bonds is 7. The SMILES string of the molecule is CCc1ccc(CCC(=O)N2CCC(C(=O)Nc3ccc(S(N)(=O)=O)cc3)CC2)cc1. The van der Waals surface area contributed by atoms with Crippen molar-refractivity contribution in [1.82, 2.24) is 4.90 Å². The van der Waals surface area contributed by atoms with Crippen molar-refractivity contribution in [1.29, 1.82) is 0 Å². The highest BCUT2D eigenvalue weighted by Gasteiger charge is 2.27. The van der Waals surface area contributed by atoms with Crippen LogP contribution in [0.4, 0.5) is 5.69 Å². The zero-order valence-corrected chi connectivity index (χ0v) is 18.5. The molecule has 0 aliphatic carbocycles. The zero-order chi connectivity index (χ0) is 22.4. The van der Waals surface area contributed by atoms with Gasteiger partial charge in [-0.25, -0.2) is 13.6 Å². The fraction of sp³-hybridized carbons (Fsp3) is 0.391. The first kappa shape index (κ1) is 23.0. The van der Waals surface area contributed by atoms with Gasteiger partial charge >= 0.3 is 0 Å². The number of aryl methyl sites for hydroxylation is 2. The summed E-state index contributed by atoms with van der Waals surface area (Å²) >= 11 is 0. The van der Waals surface area contributed by atoms with E-state index in [9.17, 15) is 18.0 Å². The Morgan fingerprint density at radius 3 is 2.13 bits per heavy atom. The first-order valence-corrected chi connectivity index (χ1v) is 12.1. The largest absolute Gasteiger partial charge is 0.343 e. The number of likely N-dealkylation sites (tertiary alicyclic amines) is 1. The minimum absolute atomic E-state index is 0.00127.